The zero-order valence-corrected chi connectivity index (χ0v) is 12.9. The van der Waals surface area contributed by atoms with Crippen LogP contribution in [0.4, 0.5) is 0 Å². The molecule has 116 valence electrons. The fourth-order valence-corrected chi connectivity index (χ4v) is 3.80. The Hall–Kier alpha value is -1.88. The zero-order chi connectivity index (χ0) is 15.2. The minimum Gasteiger partial charge on any atom is -0.350 e. The molecule has 1 spiro atoms. The zero-order valence-electron chi connectivity index (χ0n) is 12.9. The van der Waals surface area contributed by atoms with Crippen LogP contribution in [0, 0.1) is 11.3 Å². The van der Waals surface area contributed by atoms with E-state index >= 15 is 0 Å². The molecule has 0 radical (unpaired) electrons. The van der Waals surface area contributed by atoms with Crippen LogP contribution in [0.5, 0.6) is 0 Å². The van der Waals surface area contributed by atoms with Crippen molar-refractivity contribution in [2.75, 3.05) is 26.7 Å². The minimum absolute atomic E-state index is 0.00817. The summed E-state index contributed by atoms with van der Waals surface area (Å²) < 4.78 is 0. The lowest BCUT2D eigenvalue weighted by atomic mass is 9.91. The van der Waals surface area contributed by atoms with Crippen molar-refractivity contribution in [1.29, 1.82) is 0 Å². The number of nitrogens with one attached hydrogen (secondary N) is 2. The second kappa shape index (κ2) is 5.09. The third-order valence-corrected chi connectivity index (χ3v) is 5.52. The summed E-state index contributed by atoms with van der Waals surface area (Å²) in [6.45, 7) is 3.19. The van der Waals surface area contributed by atoms with Gasteiger partial charge in [0, 0.05) is 29.8 Å². The van der Waals surface area contributed by atoms with Crippen LogP contribution in [0.15, 0.2) is 24.5 Å². The Bertz CT molecular complexity index is 667. The van der Waals surface area contributed by atoms with E-state index in [4.69, 9.17) is 0 Å². The van der Waals surface area contributed by atoms with Gasteiger partial charge in [-0.2, -0.15) is 0 Å². The highest BCUT2D eigenvalue weighted by molar-refractivity contribution is 5.97. The van der Waals surface area contributed by atoms with Gasteiger partial charge in [0.15, 0.2) is 0 Å². The van der Waals surface area contributed by atoms with Crippen molar-refractivity contribution in [3.63, 3.8) is 0 Å². The third-order valence-electron chi connectivity index (χ3n) is 5.52. The Morgan fingerprint density at radius 3 is 3.09 bits per heavy atom. The molecule has 5 nitrogen and oxygen atoms in total. The minimum atomic E-state index is -0.00817. The van der Waals surface area contributed by atoms with Gasteiger partial charge in [0.2, 0.25) is 0 Å². The molecule has 1 saturated carbocycles. The van der Waals surface area contributed by atoms with Crippen molar-refractivity contribution in [2.45, 2.75) is 19.3 Å². The molecule has 5 heteroatoms. The van der Waals surface area contributed by atoms with E-state index < -0.39 is 0 Å². The van der Waals surface area contributed by atoms with Gasteiger partial charge in [-0.15, -0.1) is 0 Å². The molecular weight excluding hydrogens is 276 g/mol. The second-order valence-corrected chi connectivity index (χ2v) is 6.92. The fraction of sp³-hybridized carbons (Fsp3) is 0.529. The summed E-state index contributed by atoms with van der Waals surface area (Å²) in [7, 11) is 2.19. The Balaban J connectivity index is 1.35. The van der Waals surface area contributed by atoms with Crippen LogP contribution in [0.25, 0.3) is 10.9 Å². The van der Waals surface area contributed by atoms with Gasteiger partial charge in [-0.05, 0) is 62.9 Å². The first-order chi connectivity index (χ1) is 10.7. The highest BCUT2D eigenvalue weighted by Crippen LogP contribution is 2.58. The van der Waals surface area contributed by atoms with E-state index in [1.807, 2.05) is 12.1 Å². The van der Waals surface area contributed by atoms with Gasteiger partial charge in [-0.25, -0.2) is 0 Å². The molecule has 22 heavy (non-hydrogen) atoms. The molecule has 0 aromatic carbocycles. The number of fused-ring (bicyclic) bond motifs is 1. The van der Waals surface area contributed by atoms with Crippen molar-refractivity contribution in [2.24, 2.45) is 11.3 Å². The van der Waals surface area contributed by atoms with E-state index in [2.05, 4.69) is 27.2 Å². The SMILES string of the molecule is CN1CCC2(CC1)CC2CNC(=O)c1cc2cnccc2[nH]1. The molecular formula is C17H22N4O. The van der Waals surface area contributed by atoms with Gasteiger partial charge in [0.05, 0.1) is 0 Å². The lowest BCUT2D eigenvalue weighted by Crippen LogP contribution is -2.34. The number of likely N-dealkylation sites (tertiary alicyclic amines) is 1. The molecule has 1 aliphatic heterocycles. The lowest BCUT2D eigenvalue weighted by Gasteiger charge is -2.30. The molecule has 1 saturated heterocycles. The Morgan fingerprint density at radius 2 is 2.32 bits per heavy atom. The van der Waals surface area contributed by atoms with Crippen LogP contribution in [0.1, 0.15) is 29.8 Å². The Labute approximate surface area is 130 Å². The highest BCUT2D eigenvalue weighted by Gasteiger charge is 2.54. The average molecular weight is 298 g/mol. The topological polar surface area (TPSA) is 61.0 Å². The quantitative estimate of drug-likeness (QED) is 0.911. The van der Waals surface area contributed by atoms with Gasteiger partial charge in [-0.1, -0.05) is 0 Å². The van der Waals surface area contributed by atoms with E-state index in [1.54, 1.807) is 12.4 Å². The molecule has 1 atom stereocenters. The normalized spacial score (nSPS) is 23.8. The van der Waals surface area contributed by atoms with Gasteiger partial charge < -0.3 is 15.2 Å². The number of carbonyl (C=O) groups excluding carboxylic acids is 1. The first kappa shape index (κ1) is 13.8. The number of pyridine rings is 1. The van der Waals surface area contributed by atoms with Crippen molar-refractivity contribution >= 4 is 16.8 Å². The van der Waals surface area contributed by atoms with Gasteiger partial charge in [0.1, 0.15) is 5.69 Å². The number of aromatic nitrogens is 2. The molecule has 1 unspecified atom stereocenters. The predicted octanol–water partition coefficient (Wildman–Crippen LogP) is 2.02. The average Bonchev–Trinajstić information content (AvgIpc) is 3.01. The summed E-state index contributed by atoms with van der Waals surface area (Å²) in [5.74, 6) is 0.655. The summed E-state index contributed by atoms with van der Waals surface area (Å²) in [4.78, 5) is 21.9. The van der Waals surface area contributed by atoms with Crippen molar-refractivity contribution < 1.29 is 4.79 Å². The fourth-order valence-electron chi connectivity index (χ4n) is 3.80. The maximum atomic E-state index is 12.3. The number of nitrogens with zero attached hydrogens (tertiary/aromatic N) is 2. The molecule has 2 aromatic rings. The largest absolute Gasteiger partial charge is 0.350 e. The van der Waals surface area contributed by atoms with Crippen molar-refractivity contribution in [3.05, 3.63) is 30.2 Å². The van der Waals surface area contributed by atoms with Crippen molar-refractivity contribution in [3.8, 4) is 0 Å². The van der Waals surface area contributed by atoms with E-state index in [-0.39, 0.29) is 5.91 Å². The van der Waals surface area contributed by atoms with Crippen LogP contribution < -0.4 is 5.32 Å². The van der Waals surface area contributed by atoms with Gasteiger partial charge in [0.25, 0.3) is 5.91 Å². The van der Waals surface area contributed by atoms with Crippen molar-refractivity contribution in [1.82, 2.24) is 20.2 Å². The molecule has 4 rings (SSSR count). The maximum Gasteiger partial charge on any atom is 0.267 e. The van der Waals surface area contributed by atoms with E-state index in [0.29, 0.717) is 17.0 Å². The van der Waals surface area contributed by atoms with Crippen LogP contribution >= 0.6 is 0 Å². The molecule has 2 aliphatic rings. The maximum absolute atomic E-state index is 12.3. The molecule has 1 amide bonds. The number of hydrogen-bond acceptors (Lipinski definition) is 3. The number of rotatable bonds is 3. The predicted molar refractivity (Wildman–Crippen MR) is 85.7 cm³/mol. The first-order valence-electron chi connectivity index (χ1n) is 8.06. The van der Waals surface area contributed by atoms with Crippen LogP contribution in [0.2, 0.25) is 0 Å². The number of aromatic amines is 1. The highest BCUT2D eigenvalue weighted by atomic mass is 16.1. The van der Waals surface area contributed by atoms with Gasteiger partial charge in [-0.3, -0.25) is 9.78 Å². The third kappa shape index (κ3) is 2.39. The standard InChI is InChI=1S/C17H22N4O/c1-21-6-3-17(4-7-21)9-13(17)11-19-16(22)15-8-12-10-18-5-2-14(12)20-15/h2,5,8,10,13,20H,3-4,6-7,9,11H2,1H3,(H,19,22). The number of H-pyrrole nitrogens is 1. The van der Waals surface area contributed by atoms with Crippen LogP contribution in [-0.4, -0.2) is 47.5 Å². The summed E-state index contributed by atoms with van der Waals surface area (Å²) in [6.07, 6.45) is 7.34. The summed E-state index contributed by atoms with van der Waals surface area (Å²) >= 11 is 0. The number of piperidine rings is 1. The van der Waals surface area contributed by atoms with E-state index in [1.165, 1.54) is 32.4 Å². The second-order valence-electron chi connectivity index (χ2n) is 6.92. The molecule has 2 fully saturated rings. The number of carbonyl (C=O) groups is 1. The smallest absolute Gasteiger partial charge is 0.267 e. The van der Waals surface area contributed by atoms with E-state index in [9.17, 15) is 4.79 Å². The van der Waals surface area contributed by atoms with Gasteiger partial charge >= 0.3 is 0 Å². The van der Waals surface area contributed by atoms with Crippen LogP contribution in [-0.2, 0) is 0 Å². The molecule has 0 bridgehead atoms. The summed E-state index contributed by atoms with van der Waals surface area (Å²) in [5.41, 5.74) is 2.10. The van der Waals surface area contributed by atoms with E-state index in [0.717, 1.165) is 17.4 Å². The number of hydrogen-bond donors (Lipinski definition) is 2. The van der Waals surface area contributed by atoms with Crippen LogP contribution in [0.3, 0.4) is 0 Å². The molecule has 3 heterocycles. The lowest BCUT2D eigenvalue weighted by molar-refractivity contribution is 0.0943. The molecule has 1 aliphatic carbocycles. The first-order valence-corrected chi connectivity index (χ1v) is 8.06. The number of amides is 1. The molecule has 2 aromatic heterocycles. The summed E-state index contributed by atoms with van der Waals surface area (Å²) in [5, 5.41) is 4.08. The monoisotopic (exact) mass is 298 g/mol. The summed E-state index contributed by atoms with van der Waals surface area (Å²) in [6, 6.07) is 3.76. The molecule has 2 N–H and O–H groups in total. The Kier molecular flexibility index (Phi) is 3.18. The Morgan fingerprint density at radius 1 is 1.50 bits per heavy atom.